The lowest BCUT2D eigenvalue weighted by molar-refractivity contribution is 0.358. The van der Waals surface area contributed by atoms with E-state index in [1.807, 2.05) is 0 Å². The van der Waals surface area contributed by atoms with E-state index in [0.717, 1.165) is 0 Å². The van der Waals surface area contributed by atoms with Crippen molar-refractivity contribution in [2.45, 2.75) is 4.90 Å². The average Bonchev–Trinajstić information content (AvgIpc) is 2.67. The largest absolute Gasteiger partial charge is 0.457 e. The van der Waals surface area contributed by atoms with Crippen molar-refractivity contribution in [3.63, 3.8) is 0 Å². The highest BCUT2D eigenvalue weighted by Gasteiger charge is 2.33. The molecule has 0 spiro atoms. The summed E-state index contributed by atoms with van der Waals surface area (Å²) in [6.07, 6.45) is 0. The van der Waals surface area contributed by atoms with E-state index in [0.29, 0.717) is 11.5 Å². The average molecular weight is 415 g/mol. The number of para-hydroxylation sites is 1. The smallest absolute Gasteiger partial charge is 0.267 e. The number of rotatable bonds is 5. The second-order valence-corrected chi connectivity index (χ2v) is 7.06. The van der Waals surface area contributed by atoms with Crippen LogP contribution in [0.5, 0.6) is 11.5 Å². The zero-order valence-electron chi connectivity index (χ0n) is 13.7. The molecule has 0 aliphatic carbocycles. The SMILES string of the molecule is O=S(=O)(Nc1ccc(Oc2ccccc2)cc1)c1c(F)c(F)c(F)c(F)c1F. The summed E-state index contributed by atoms with van der Waals surface area (Å²) in [5, 5.41) is 0. The van der Waals surface area contributed by atoms with Gasteiger partial charge in [-0.3, -0.25) is 4.72 Å². The predicted molar refractivity (Wildman–Crippen MR) is 90.0 cm³/mol. The van der Waals surface area contributed by atoms with Gasteiger partial charge in [-0.1, -0.05) is 18.2 Å². The van der Waals surface area contributed by atoms with Gasteiger partial charge in [0.25, 0.3) is 10.0 Å². The van der Waals surface area contributed by atoms with E-state index in [-0.39, 0.29) is 5.69 Å². The van der Waals surface area contributed by atoms with Gasteiger partial charge in [-0.15, -0.1) is 0 Å². The lowest BCUT2D eigenvalue weighted by Crippen LogP contribution is -2.19. The third kappa shape index (κ3) is 3.77. The summed E-state index contributed by atoms with van der Waals surface area (Å²) < 4.78 is 98.7. The van der Waals surface area contributed by atoms with Gasteiger partial charge in [-0.2, -0.15) is 0 Å². The Labute approximate surface area is 156 Å². The standard InChI is InChI=1S/C18H10F5NO3S/c19-13-14(20)16(22)18(17(23)15(13)21)28(25,26)24-10-6-8-12(9-7-10)27-11-4-2-1-3-5-11/h1-9,24H. The van der Waals surface area contributed by atoms with Crippen molar-refractivity contribution in [2.75, 3.05) is 4.72 Å². The summed E-state index contributed by atoms with van der Waals surface area (Å²) >= 11 is 0. The van der Waals surface area contributed by atoms with Crippen molar-refractivity contribution >= 4 is 15.7 Å². The van der Waals surface area contributed by atoms with Crippen molar-refractivity contribution in [3.8, 4) is 11.5 Å². The fraction of sp³-hybridized carbons (Fsp3) is 0. The topological polar surface area (TPSA) is 55.4 Å². The van der Waals surface area contributed by atoms with Crippen LogP contribution in [0.4, 0.5) is 27.6 Å². The highest BCUT2D eigenvalue weighted by atomic mass is 32.2. The molecule has 28 heavy (non-hydrogen) atoms. The minimum Gasteiger partial charge on any atom is -0.457 e. The van der Waals surface area contributed by atoms with E-state index in [4.69, 9.17) is 4.74 Å². The van der Waals surface area contributed by atoms with Crippen LogP contribution in [0, 0.1) is 29.1 Å². The molecule has 0 fully saturated rings. The highest BCUT2D eigenvalue weighted by Crippen LogP contribution is 2.29. The Morgan fingerprint density at radius 3 is 1.64 bits per heavy atom. The number of halogens is 5. The van der Waals surface area contributed by atoms with E-state index in [2.05, 4.69) is 0 Å². The van der Waals surface area contributed by atoms with Crippen LogP contribution >= 0.6 is 0 Å². The van der Waals surface area contributed by atoms with Gasteiger partial charge in [0.05, 0.1) is 0 Å². The van der Waals surface area contributed by atoms with Crippen LogP contribution in [-0.2, 0) is 10.0 Å². The van der Waals surface area contributed by atoms with E-state index in [9.17, 15) is 30.4 Å². The van der Waals surface area contributed by atoms with Crippen LogP contribution in [0.2, 0.25) is 0 Å². The van der Waals surface area contributed by atoms with Crippen molar-refractivity contribution in [2.24, 2.45) is 0 Å². The summed E-state index contributed by atoms with van der Waals surface area (Å²) in [6, 6.07) is 13.7. The number of benzene rings is 3. The van der Waals surface area contributed by atoms with Crippen LogP contribution < -0.4 is 9.46 Å². The van der Waals surface area contributed by atoms with Crippen molar-refractivity contribution in [1.82, 2.24) is 0 Å². The third-order valence-corrected chi connectivity index (χ3v) is 4.92. The molecule has 0 amide bonds. The van der Waals surface area contributed by atoms with Gasteiger partial charge in [0.15, 0.2) is 28.2 Å². The van der Waals surface area contributed by atoms with Gasteiger partial charge in [0, 0.05) is 5.69 Å². The first-order valence-electron chi connectivity index (χ1n) is 7.58. The van der Waals surface area contributed by atoms with Gasteiger partial charge in [-0.05, 0) is 36.4 Å². The monoisotopic (exact) mass is 415 g/mol. The summed E-state index contributed by atoms with van der Waals surface area (Å²) in [4.78, 5) is -1.96. The van der Waals surface area contributed by atoms with Gasteiger partial charge >= 0.3 is 0 Å². The Balaban J connectivity index is 1.87. The molecule has 4 nitrogen and oxygen atoms in total. The molecule has 0 aliphatic rings. The highest BCUT2D eigenvalue weighted by molar-refractivity contribution is 7.92. The van der Waals surface area contributed by atoms with Crippen LogP contribution in [-0.4, -0.2) is 8.42 Å². The molecule has 10 heteroatoms. The summed E-state index contributed by atoms with van der Waals surface area (Å²) in [5.74, 6) is -11.2. The van der Waals surface area contributed by atoms with Gasteiger partial charge in [0.1, 0.15) is 11.5 Å². The fourth-order valence-electron chi connectivity index (χ4n) is 2.24. The minimum absolute atomic E-state index is 0.177. The second kappa shape index (κ2) is 7.47. The molecule has 0 saturated heterocycles. The molecule has 3 rings (SSSR count). The Bertz CT molecular complexity index is 1090. The number of hydrogen-bond donors (Lipinski definition) is 1. The molecule has 0 heterocycles. The zero-order chi connectivity index (χ0) is 20.5. The predicted octanol–water partition coefficient (Wildman–Crippen LogP) is 4.98. The molecule has 0 radical (unpaired) electrons. The zero-order valence-corrected chi connectivity index (χ0v) is 14.5. The maximum atomic E-state index is 13.7. The minimum atomic E-state index is -5.10. The van der Waals surface area contributed by atoms with Crippen molar-refractivity contribution in [1.29, 1.82) is 0 Å². The Morgan fingerprint density at radius 2 is 1.11 bits per heavy atom. The van der Waals surface area contributed by atoms with Crippen LogP contribution in [0.3, 0.4) is 0 Å². The number of hydrogen-bond acceptors (Lipinski definition) is 3. The van der Waals surface area contributed by atoms with Gasteiger partial charge < -0.3 is 4.74 Å². The first-order valence-corrected chi connectivity index (χ1v) is 9.06. The van der Waals surface area contributed by atoms with E-state index >= 15 is 0 Å². The second-order valence-electron chi connectivity index (χ2n) is 5.44. The normalized spacial score (nSPS) is 11.3. The quantitative estimate of drug-likeness (QED) is 0.364. The molecule has 146 valence electrons. The molecule has 0 aliphatic heterocycles. The molecule has 0 bridgehead atoms. The maximum absolute atomic E-state index is 13.7. The van der Waals surface area contributed by atoms with Crippen LogP contribution in [0.1, 0.15) is 0 Å². The fourth-order valence-corrected chi connectivity index (χ4v) is 3.44. The first kappa shape index (κ1) is 19.6. The first-order chi connectivity index (χ1) is 13.2. The van der Waals surface area contributed by atoms with Crippen molar-refractivity contribution in [3.05, 3.63) is 83.7 Å². The van der Waals surface area contributed by atoms with Crippen LogP contribution in [0.25, 0.3) is 0 Å². The number of anilines is 1. The Hall–Kier alpha value is -3.14. The maximum Gasteiger partial charge on any atom is 0.267 e. The number of sulfonamides is 1. The molecule has 3 aromatic rings. The molecule has 0 atom stereocenters. The Morgan fingerprint density at radius 1 is 0.643 bits per heavy atom. The summed E-state index contributed by atoms with van der Waals surface area (Å²) in [5.41, 5.74) is -0.177. The van der Waals surface area contributed by atoms with E-state index in [1.54, 1.807) is 35.1 Å². The molecule has 3 aromatic carbocycles. The van der Waals surface area contributed by atoms with E-state index < -0.39 is 44.0 Å². The van der Waals surface area contributed by atoms with Gasteiger partial charge in [-0.25, -0.2) is 30.4 Å². The molecule has 0 saturated carbocycles. The molecule has 0 aromatic heterocycles. The molecular formula is C18H10F5NO3S. The summed E-state index contributed by atoms with van der Waals surface area (Å²) in [6.45, 7) is 0. The lowest BCUT2D eigenvalue weighted by Gasteiger charge is -2.12. The lowest BCUT2D eigenvalue weighted by atomic mass is 10.3. The van der Waals surface area contributed by atoms with Crippen LogP contribution in [0.15, 0.2) is 59.5 Å². The summed E-state index contributed by atoms with van der Waals surface area (Å²) in [7, 11) is -5.10. The van der Waals surface area contributed by atoms with E-state index in [1.165, 1.54) is 24.3 Å². The molecule has 0 unspecified atom stereocenters. The molecular weight excluding hydrogens is 405 g/mol. The number of nitrogens with one attached hydrogen (secondary N) is 1. The third-order valence-electron chi connectivity index (χ3n) is 3.52. The molecule has 1 N–H and O–H groups in total. The number of ether oxygens (including phenoxy) is 1. The van der Waals surface area contributed by atoms with Crippen molar-refractivity contribution < 1.29 is 35.1 Å². The van der Waals surface area contributed by atoms with Gasteiger partial charge in [0.2, 0.25) is 5.82 Å². The Kier molecular flexibility index (Phi) is 5.23.